The van der Waals surface area contributed by atoms with E-state index in [-0.39, 0.29) is 6.09 Å². The number of carbonyl (C=O) groups is 1. The highest BCUT2D eigenvalue weighted by molar-refractivity contribution is 5.69. The number of amides is 1. The maximum Gasteiger partial charge on any atom is 0.410 e. The van der Waals surface area contributed by atoms with Crippen LogP contribution in [0.5, 0.6) is 0 Å². The predicted octanol–water partition coefficient (Wildman–Crippen LogP) is 3.29. The Morgan fingerprint density at radius 3 is 2.31 bits per heavy atom. The minimum Gasteiger partial charge on any atom is -0.444 e. The van der Waals surface area contributed by atoms with Gasteiger partial charge in [0.05, 0.1) is 0 Å². The van der Waals surface area contributed by atoms with E-state index in [0.29, 0.717) is 17.9 Å². The fraction of sp³-hybridized carbons (Fsp3) is 0.923. The van der Waals surface area contributed by atoms with E-state index in [9.17, 15) is 4.79 Å². The lowest BCUT2D eigenvalue weighted by Gasteiger charge is -2.27. The molecule has 3 atom stereocenters. The molecular formula is C13H25NO2. The largest absolute Gasteiger partial charge is 0.444 e. The topological polar surface area (TPSA) is 29.5 Å². The fourth-order valence-electron chi connectivity index (χ4n) is 2.33. The Labute approximate surface area is 99.1 Å². The van der Waals surface area contributed by atoms with Crippen LogP contribution in [0.1, 0.15) is 48.0 Å². The van der Waals surface area contributed by atoms with Gasteiger partial charge in [-0.25, -0.2) is 4.79 Å². The van der Waals surface area contributed by atoms with E-state index in [2.05, 4.69) is 20.8 Å². The molecule has 0 bridgehead atoms. The molecule has 16 heavy (non-hydrogen) atoms. The highest BCUT2D eigenvalue weighted by Crippen LogP contribution is 2.32. The second-order valence-electron chi connectivity index (χ2n) is 5.90. The normalized spacial score (nSPS) is 30.6. The molecule has 0 radical (unpaired) electrons. The van der Waals surface area contributed by atoms with Crippen molar-refractivity contribution in [2.45, 2.75) is 59.6 Å². The molecule has 0 spiro atoms. The summed E-state index contributed by atoms with van der Waals surface area (Å²) in [5, 5.41) is 0. The monoisotopic (exact) mass is 227 g/mol. The highest BCUT2D eigenvalue weighted by Gasteiger charge is 2.39. The molecule has 1 rings (SSSR count). The molecule has 1 aliphatic rings. The third-order valence-electron chi connectivity index (χ3n) is 3.58. The average Bonchev–Trinajstić information content (AvgIpc) is 2.41. The van der Waals surface area contributed by atoms with Crippen molar-refractivity contribution in [3.05, 3.63) is 0 Å². The summed E-state index contributed by atoms with van der Waals surface area (Å²) in [7, 11) is 0. The Bertz CT molecular complexity index is 257. The van der Waals surface area contributed by atoms with Crippen molar-refractivity contribution >= 4 is 6.09 Å². The van der Waals surface area contributed by atoms with Gasteiger partial charge < -0.3 is 9.64 Å². The molecule has 1 saturated heterocycles. The lowest BCUT2D eigenvalue weighted by atomic mass is 9.91. The molecule has 0 N–H and O–H groups in total. The Hall–Kier alpha value is -0.730. The SMILES string of the molecule is CC[C@@H]1CN(C(=O)OC(C)(C)C)[C@H](C)[C@@H]1C. The molecule has 0 aliphatic carbocycles. The number of ether oxygens (including phenoxy) is 1. The molecule has 1 heterocycles. The Balaban J connectivity index is 2.65. The molecule has 0 saturated carbocycles. The second kappa shape index (κ2) is 4.64. The van der Waals surface area contributed by atoms with Crippen LogP contribution in [0.4, 0.5) is 4.79 Å². The Morgan fingerprint density at radius 1 is 1.38 bits per heavy atom. The first-order valence-corrected chi connectivity index (χ1v) is 6.26. The van der Waals surface area contributed by atoms with E-state index in [1.807, 2.05) is 25.7 Å². The first-order chi connectivity index (χ1) is 7.26. The van der Waals surface area contributed by atoms with E-state index in [0.717, 1.165) is 13.0 Å². The second-order valence-corrected chi connectivity index (χ2v) is 5.90. The summed E-state index contributed by atoms with van der Waals surface area (Å²) in [4.78, 5) is 13.9. The average molecular weight is 227 g/mol. The van der Waals surface area contributed by atoms with Crippen molar-refractivity contribution in [2.75, 3.05) is 6.54 Å². The summed E-state index contributed by atoms with van der Waals surface area (Å²) in [5.41, 5.74) is -0.398. The summed E-state index contributed by atoms with van der Waals surface area (Å²) in [5.74, 6) is 1.18. The number of rotatable bonds is 1. The number of likely N-dealkylation sites (tertiary alicyclic amines) is 1. The van der Waals surface area contributed by atoms with Gasteiger partial charge in [0.1, 0.15) is 5.60 Å². The molecule has 0 aromatic carbocycles. The molecule has 0 aromatic rings. The molecule has 0 unspecified atom stereocenters. The van der Waals surface area contributed by atoms with Crippen molar-refractivity contribution in [1.82, 2.24) is 4.90 Å². The van der Waals surface area contributed by atoms with Gasteiger partial charge >= 0.3 is 6.09 Å². The van der Waals surface area contributed by atoms with Gasteiger partial charge in [-0.05, 0) is 39.5 Å². The van der Waals surface area contributed by atoms with E-state index in [1.54, 1.807) is 0 Å². The molecule has 0 aromatic heterocycles. The van der Waals surface area contributed by atoms with Crippen LogP contribution in [-0.2, 0) is 4.74 Å². The van der Waals surface area contributed by atoms with Crippen molar-refractivity contribution < 1.29 is 9.53 Å². The summed E-state index contributed by atoms with van der Waals surface area (Å²) in [6.45, 7) is 13.1. The van der Waals surface area contributed by atoms with Crippen molar-refractivity contribution in [3.8, 4) is 0 Å². The molecule has 94 valence electrons. The first-order valence-electron chi connectivity index (χ1n) is 6.26. The minimum atomic E-state index is -0.398. The minimum absolute atomic E-state index is 0.164. The molecule has 3 nitrogen and oxygen atoms in total. The van der Waals surface area contributed by atoms with Crippen molar-refractivity contribution in [3.63, 3.8) is 0 Å². The van der Waals surface area contributed by atoms with Crippen LogP contribution >= 0.6 is 0 Å². The van der Waals surface area contributed by atoms with Crippen LogP contribution in [0.25, 0.3) is 0 Å². The van der Waals surface area contributed by atoms with Gasteiger partial charge in [-0.1, -0.05) is 20.3 Å². The van der Waals surface area contributed by atoms with E-state index >= 15 is 0 Å². The third kappa shape index (κ3) is 2.89. The summed E-state index contributed by atoms with van der Waals surface area (Å²) < 4.78 is 5.42. The Morgan fingerprint density at radius 2 is 1.94 bits per heavy atom. The van der Waals surface area contributed by atoms with Gasteiger partial charge in [-0.15, -0.1) is 0 Å². The molecule has 1 fully saturated rings. The molecule has 1 amide bonds. The maximum absolute atomic E-state index is 12.0. The Kier molecular flexibility index (Phi) is 3.87. The zero-order valence-corrected chi connectivity index (χ0v) is 11.4. The molecule has 1 aliphatic heterocycles. The van der Waals surface area contributed by atoms with Crippen LogP contribution in [0.15, 0.2) is 0 Å². The quantitative estimate of drug-likeness (QED) is 0.688. The smallest absolute Gasteiger partial charge is 0.410 e. The van der Waals surface area contributed by atoms with Gasteiger partial charge in [0.2, 0.25) is 0 Å². The maximum atomic E-state index is 12.0. The van der Waals surface area contributed by atoms with Crippen LogP contribution in [0, 0.1) is 11.8 Å². The van der Waals surface area contributed by atoms with Gasteiger partial charge in [-0.3, -0.25) is 0 Å². The van der Waals surface area contributed by atoms with Crippen LogP contribution in [0.3, 0.4) is 0 Å². The molecular weight excluding hydrogens is 202 g/mol. The van der Waals surface area contributed by atoms with Gasteiger partial charge in [0.25, 0.3) is 0 Å². The van der Waals surface area contributed by atoms with Gasteiger partial charge in [-0.2, -0.15) is 0 Å². The zero-order valence-electron chi connectivity index (χ0n) is 11.4. The first kappa shape index (κ1) is 13.3. The summed E-state index contributed by atoms with van der Waals surface area (Å²) >= 11 is 0. The van der Waals surface area contributed by atoms with Gasteiger partial charge in [0, 0.05) is 12.6 Å². The van der Waals surface area contributed by atoms with Crippen LogP contribution in [0.2, 0.25) is 0 Å². The number of hydrogen-bond acceptors (Lipinski definition) is 2. The lowest BCUT2D eigenvalue weighted by molar-refractivity contribution is 0.0223. The summed E-state index contributed by atoms with van der Waals surface area (Å²) in [6, 6.07) is 0.291. The van der Waals surface area contributed by atoms with E-state index in [4.69, 9.17) is 4.74 Å². The lowest BCUT2D eigenvalue weighted by Crippen LogP contribution is -2.39. The van der Waals surface area contributed by atoms with E-state index < -0.39 is 5.60 Å². The van der Waals surface area contributed by atoms with Crippen LogP contribution in [-0.4, -0.2) is 29.2 Å². The highest BCUT2D eigenvalue weighted by atomic mass is 16.6. The van der Waals surface area contributed by atoms with Crippen LogP contribution < -0.4 is 0 Å². The predicted molar refractivity (Wildman–Crippen MR) is 65.3 cm³/mol. The van der Waals surface area contributed by atoms with Crippen molar-refractivity contribution in [1.29, 1.82) is 0 Å². The van der Waals surface area contributed by atoms with E-state index in [1.165, 1.54) is 0 Å². The fourth-order valence-corrected chi connectivity index (χ4v) is 2.33. The van der Waals surface area contributed by atoms with Crippen molar-refractivity contribution in [2.24, 2.45) is 11.8 Å². The van der Waals surface area contributed by atoms with Gasteiger partial charge in [0.15, 0.2) is 0 Å². The number of hydrogen-bond donors (Lipinski definition) is 0. The number of nitrogens with zero attached hydrogens (tertiary/aromatic N) is 1. The number of carbonyl (C=O) groups excluding carboxylic acids is 1. The zero-order chi connectivity index (χ0) is 12.5. The summed E-state index contributed by atoms with van der Waals surface area (Å²) in [6.07, 6.45) is 0.966. The third-order valence-corrected chi connectivity index (χ3v) is 3.58. The standard InChI is InChI=1S/C13H25NO2/c1-7-11-8-14(10(3)9(11)2)12(15)16-13(4,5)6/h9-11H,7-8H2,1-6H3/t9-,10+,11+/m0/s1. The molecule has 3 heteroatoms.